The summed E-state index contributed by atoms with van der Waals surface area (Å²) in [4.78, 5) is 15.6. The number of hydrogen-bond donors (Lipinski definition) is 2. The van der Waals surface area contributed by atoms with Crippen LogP contribution in [0.25, 0.3) is 22.0 Å². The average molecular weight is 814 g/mol. The van der Waals surface area contributed by atoms with Crippen LogP contribution in [0.4, 0.5) is 5.69 Å². The van der Waals surface area contributed by atoms with E-state index in [1.807, 2.05) is 43.5 Å². The molecule has 0 bridgehead atoms. The second kappa shape index (κ2) is 20.5. The molecule has 0 unspecified atom stereocenters. The predicted molar refractivity (Wildman–Crippen MR) is 232 cm³/mol. The maximum atomic E-state index is 13.2. The molecule has 2 N–H and O–H groups in total. The molecule has 0 saturated carbocycles. The number of fused-ring (bicyclic) bond motifs is 1. The number of rotatable bonds is 21. The molecule has 3 aromatic carbocycles. The SMILES string of the molecule is Cc1cccc(NCCOCCOCCCn2nc(C)c(-c3cccc4c(CCCOc5cc(C)c(Cl)c(C)c5)c(C(=O)O)n(CCN5CCOCC5)c34)c2C)c1C. The molecule has 5 aromatic rings. The van der Waals surface area contributed by atoms with Crippen molar-refractivity contribution in [3.05, 3.63) is 98.5 Å². The number of nitrogens with one attached hydrogen (secondary N) is 1. The summed E-state index contributed by atoms with van der Waals surface area (Å²) in [6.45, 7) is 20.8. The minimum Gasteiger partial charge on any atom is -0.494 e. The smallest absolute Gasteiger partial charge is 0.352 e. The number of aryl methyl sites for hydroxylation is 6. The number of aromatic carboxylic acids is 1. The van der Waals surface area contributed by atoms with Crippen molar-refractivity contribution in [1.82, 2.24) is 19.2 Å². The van der Waals surface area contributed by atoms with Crippen LogP contribution in [-0.4, -0.2) is 103 Å². The van der Waals surface area contributed by atoms with Crippen molar-refractivity contribution < 1.29 is 28.8 Å². The third-order valence-corrected chi connectivity index (χ3v) is 11.8. The fraction of sp³-hybridized carbons (Fsp3) is 0.478. The Bertz CT molecular complexity index is 2150. The Kier molecular flexibility index (Phi) is 15.3. The Morgan fingerprint density at radius 1 is 0.862 bits per heavy atom. The quantitative estimate of drug-likeness (QED) is 0.0704. The number of halogens is 1. The van der Waals surface area contributed by atoms with Crippen LogP contribution in [-0.2, 0) is 33.7 Å². The van der Waals surface area contributed by atoms with Gasteiger partial charge < -0.3 is 33.9 Å². The highest BCUT2D eigenvalue weighted by molar-refractivity contribution is 6.32. The first-order valence-electron chi connectivity index (χ1n) is 20.6. The number of aromatic nitrogens is 3. The standard InChI is InChI=1S/C46H60ClN5O6/c1-31-11-7-15-41(34(31)4)48-16-24-56-28-27-55-22-10-17-52-36(6)42(35(5)49-52)40-13-8-12-38-39(14-9-23-58-37-29-32(2)43(47)33(3)30-37)45(46(53)54)51(44(38)40)19-18-50-20-25-57-26-21-50/h7-8,11-13,15,29-30,48H,9-10,14,16-28H2,1-6H3,(H,53,54). The van der Waals surface area contributed by atoms with Gasteiger partial charge in [0.25, 0.3) is 0 Å². The zero-order chi connectivity index (χ0) is 41.2. The fourth-order valence-corrected chi connectivity index (χ4v) is 8.15. The number of para-hydroxylation sites is 1. The number of carbonyl (C=O) groups is 1. The molecule has 0 spiro atoms. The third-order valence-electron chi connectivity index (χ3n) is 11.2. The lowest BCUT2D eigenvalue weighted by Crippen LogP contribution is -2.38. The van der Waals surface area contributed by atoms with Crippen LogP contribution in [0.15, 0.2) is 48.5 Å². The Morgan fingerprint density at radius 3 is 2.33 bits per heavy atom. The van der Waals surface area contributed by atoms with E-state index in [1.165, 1.54) is 11.1 Å². The van der Waals surface area contributed by atoms with Crippen molar-refractivity contribution in [1.29, 1.82) is 0 Å². The van der Waals surface area contributed by atoms with Crippen LogP contribution in [0.5, 0.6) is 5.75 Å². The van der Waals surface area contributed by atoms with Gasteiger partial charge in [-0.25, -0.2) is 4.79 Å². The highest BCUT2D eigenvalue weighted by Gasteiger charge is 2.27. The highest BCUT2D eigenvalue weighted by atomic mass is 35.5. The molecule has 312 valence electrons. The summed E-state index contributed by atoms with van der Waals surface area (Å²) in [5.74, 6) is -0.155. The molecule has 1 aliphatic heterocycles. The molecule has 0 atom stereocenters. The average Bonchev–Trinajstić information content (AvgIpc) is 3.69. The van der Waals surface area contributed by atoms with Crippen LogP contribution in [0, 0.1) is 41.5 Å². The maximum Gasteiger partial charge on any atom is 0.352 e. The lowest BCUT2D eigenvalue weighted by atomic mass is 9.98. The third kappa shape index (κ3) is 10.4. The summed E-state index contributed by atoms with van der Waals surface area (Å²) >= 11 is 6.38. The van der Waals surface area contributed by atoms with Gasteiger partial charge in [-0.2, -0.15) is 5.10 Å². The van der Waals surface area contributed by atoms with E-state index in [4.69, 9.17) is 35.6 Å². The first kappa shape index (κ1) is 43.2. The number of nitrogens with zero attached hydrogens (tertiary/aromatic N) is 4. The second-order valence-corrected chi connectivity index (χ2v) is 15.7. The fourth-order valence-electron chi connectivity index (χ4n) is 8.04. The van der Waals surface area contributed by atoms with E-state index in [0.717, 1.165) is 99.2 Å². The van der Waals surface area contributed by atoms with E-state index < -0.39 is 5.97 Å². The molecule has 6 rings (SSSR count). The Labute approximate surface area is 348 Å². The predicted octanol–water partition coefficient (Wildman–Crippen LogP) is 8.59. The van der Waals surface area contributed by atoms with Crippen LogP contribution in [0.1, 0.15) is 62.5 Å². The molecule has 0 amide bonds. The van der Waals surface area contributed by atoms with Gasteiger partial charge in [-0.05, 0) is 107 Å². The van der Waals surface area contributed by atoms with E-state index in [9.17, 15) is 9.90 Å². The van der Waals surface area contributed by atoms with Crippen molar-refractivity contribution in [2.75, 3.05) is 77.7 Å². The van der Waals surface area contributed by atoms with Gasteiger partial charge in [0.05, 0.1) is 50.9 Å². The summed E-state index contributed by atoms with van der Waals surface area (Å²) in [6.07, 6.45) is 2.02. The number of benzene rings is 3. The van der Waals surface area contributed by atoms with Gasteiger partial charge in [0.15, 0.2) is 0 Å². The molecule has 2 aromatic heterocycles. The van der Waals surface area contributed by atoms with Crippen LogP contribution >= 0.6 is 11.6 Å². The normalized spacial score (nSPS) is 13.4. The minimum atomic E-state index is -0.924. The molecule has 11 nitrogen and oxygen atoms in total. The first-order chi connectivity index (χ1) is 28.0. The van der Waals surface area contributed by atoms with Gasteiger partial charge in [-0.1, -0.05) is 41.9 Å². The zero-order valence-corrected chi connectivity index (χ0v) is 35.8. The van der Waals surface area contributed by atoms with Crippen molar-refractivity contribution in [3.63, 3.8) is 0 Å². The molecule has 1 fully saturated rings. The molecule has 12 heteroatoms. The monoisotopic (exact) mass is 813 g/mol. The first-order valence-corrected chi connectivity index (χ1v) is 21.0. The number of anilines is 1. The van der Waals surface area contributed by atoms with Crippen LogP contribution < -0.4 is 10.1 Å². The molecule has 0 radical (unpaired) electrons. The summed E-state index contributed by atoms with van der Waals surface area (Å²) in [5, 5.41) is 20.9. The molecular formula is C46H60ClN5O6. The van der Waals surface area contributed by atoms with E-state index in [0.29, 0.717) is 77.9 Å². The Hall–Kier alpha value is -4.39. The number of carboxylic acids is 1. The lowest BCUT2D eigenvalue weighted by Gasteiger charge is -2.27. The van der Waals surface area contributed by atoms with Crippen molar-refractivity contribution >= 4 is 34.2 Å². The maximum absolute atomic E-state index is 13.2. The number of ether oxygens (including phenoxy) is 4. The van der Waals surface area contributed by atoms with Gasteiger partial charge in [0.2, 0.25) is 0 Å². The molecule has 0 aliphatic carbocycles. The van der Waals surface area contributed by atoms with Gasteiger partial charge in [-0.15, -0.1) is 0 Å². The van der Waals surface area contributed by atoms with E-state index in [2.05, 4.69) is 66.0 Å². The molecule has 1 saturated heterocycles. The topological polar surface area (TPSA) is 112 Å². The van der Waals surface area contributed by atoms with E-state index in [1.54, 1.807) is 0 Å². The summed E-state index contributed by atoms with van der Waals surface area (Å²) < 4.78 is 27.6. The van der Waals surface area contributed by atoms with E-state index in [-0.39, 0.29) is 0 Å². The summed E-state index contributed by atoms with van der Waals surface area (Å²) in [7, 11) is 0. The lowest BCUT2D eigenvalue weighted by molar-refractivity contribution is 0.0362. The van der Waals surface area contributed by atoms with Crippen molar-refractivity contribution in [2.24, 2.45) is 0 Å². The second-order valence-electron chi connectivity index (χ2n) is 15.3. The molecule has 3 heterocycles. The van der Waals surface area contributed by atoms with Crippen LogP contribution in [0.2, 0.25) is 5.02 Å². The Morgan fingerprint density at radius 2 is 1.59 bits per heavy atom. The van der Waals surface area contributed by atoms with Gasteiger partial charge in [0.1, 0.15) is 11.4 Å². The van der Waals surface area contributed by atoms with Gasteiger partial charge in [0, 0.05) is 78.8 Å². The van der Waals surface area contributed by atoms with Crippen molar-refractivity contribution in [2.45, 2.75) is 73.9 Å². The number of morpholine rings is 1. The van der Waals surface area contributed by atoms with E-state index >= 15 is 0 Å². The van der Waals surface area contributed by atoms with Crippen LogP contribution in [0.3, 0.4) is 0 Å². The molecule has 1 aliphatic rings. The largest absolute Gasteiger partial charge is 0.494 e. The molecule has 58 heavy (non-hydrogen) atoms. The minimum absolute atomic E-state index is 0.343. The summed E-state index contributed by atoms with van der Waals surface area (Å²) in [5.41, 5.74) is 11.7. The highest BCUT2D eigenvalue weighted by Crippen LogP contribution is 2.38. The number of carboxylic acid groups (broad SMARTS) is 1. The van der Waals surface area contributed by atoms with Gasteiger partial charge in [-0.3, -0.25) is 9.58 Å². The number of hydrogen-bond acceptors (Lipinski definition) is 8. The van der Waals surface area contributed by atoms with Crippen molar-refractivity contribution in [3.8, 4) is 16.9 Å². The summed E-state index contributed by atoms with van der Waals surface area (Å²) in [6, 6.07) is 16.4. The zero-order valence-electron chi connectivity index (χ0n) is 35.1. The van der Waals surface area contributed by atoms with Gasteiger partial charge >= 0.3 is 5.97 Å². The molecular weight excluding hydrogens is 754 g/mol. The Balaban J connectivity index is 1.13.